The van der Waals surface area contributed by atoms with Gasteiger partial charge in [-0.3, -0.25) is 10.2 Å². The van der Waals surface area contributed by atoms with Crippen LogP contribution >= 0.6 is 11.8 Å². The Balaban J connectivity index is 1.47. The van der Waals surface area contributed by atoms with Gasteiger partial charge in [0, 0.05) is 5.92 Å². The summed E-state index contributed by atoms with van der Waals surface area (Å²) in [6, 6.07) is 13.2. The molecular formula is C26H28N4O4S. The highest BCUT2D eigenvalue weighted by Crippen LogP contribution is 2.33. The molecule has 0 fully saturated rings. The summed E-state index contributed by atoms with van der Waals surface area (Å²) in [4.78, 5) is 16.8. The van der Waals surface area contributed by atoms with E-state index in [1.54, 1.807) is 18.2 Å². The number of ether oxygens (including phenoxy) is 3. The first-order valence-electron chi connectivity index (χ1n) is 11.4. The van der Waals surface area contributed by atoms with Crippen LogP contribution in [0.15, 0.2) is 58.1 Å². The fourth-order valence-corrected chi connectivity index (χ4v) is 4.32. The van der Waals surface area contributed by atoms with Gasteiger partial charge in [-0.25, -0.2) is 0 Å². The van der Waals surface area contributed by atoms with Crippen molar-refractivity contribution >= 4 is 39.8 Å². The Kier molecular flexibility index (Phi) is 7.55. The molecule has 0 saturated heterocycles. The summed E-state index contributed by atoms with van der Waals surface area (Å²) < 4.78 is 17.4. The van der Waals surface area contributed by atoms with E-state index < -0.39 is 5.91 Å². The Morgan fingerprint density at radius 3 is 2.63 bits per heavy atom. The van der Waals surface area contributed by atoms with Crippen molar-refractivity contribution in [3.8, 4) is 17.2 Å². The number of rotatable bonds is 9. The highest BCUT2D eigenvalue weighted by Gasteiger charge is 2.36. The topological polar surface area (TPSA) is 96.6 Å². The van der Waals surface area contributed by atoms with Gasteiger partial charge in [-0.2, -0.15) is 15.1 Å². The number of carbonyl (C=O) groups excluding carboxylic acids is 1. The first-order chi connectivity index (χ1) is 16.9. The van der Waals surface area contributed by atoms with Crippen molar-refractivity contribution in [1.82, 2.24) is 5.01 Å². The molecule has 2 aliphatic rings. The third-order valence-corrected chi connectivity index (χ3v) is 6.35. The van der Waals surface area contributed by atoms with Crippen LogP contribution in [0, 0.1) is 18.3 Å². The van der Waals surface area contributed by atoms with E-state index in [1.807, 2.05) is 58.0 Å². The fraction of sp³-hybridized carbons (Fsp3) is 0.308. The molecule has 0 aromatic heterocycles. The molecule has 182 valence electrons. The first-order valence-corrected chi connectivity index (χ1v) is 12.3. The Labute approximate surface area is 209 Å². The van der Waals surface area contributed by atoms with Crippen LogP contribution in [0.1, 0.15) is 31.9 Å². The molecule has 0 unspecified atom stereocenters. The molecule has 0 radical (unpaired) electrons. The molecule has 0 saturated carbocycles. The van der Waals surface area contributed by atoms with Crippen LogP contribution in [0.5, 0.6) is 17.2 Å². The summed E-state index contributed by atoms with van der Waals surface area (Å²) in [6.07, 6.45) is 1.63. The van der Waals surface area contributed by atoms with Gasteiger partial charge in [0.2, 0.25) is 5.17 Å². The predicted molar refractivity (Wildman–Crippen MR) is 140 cm³/mol. The zero-order valence-corrected chi connectivity index (χ0v) is 21.0. The van der Waals surface area contributed by atoms with E-state index in [4.69, 9.17) is 19.6 Å². The molecule has 0 atom stereocenters. The van der Waals surface area contributed by atoms with E-state index in [-0.39, 0.29) is 17.3 Å². The van der Waals surface area contributed by atoms with Crippen molar-refractivity contribution in [2.45, 2.75) is 27.7 Å². The van der Waals surface area contributed by atoms with Gasteiger partial charge in [0.1, 0.15) is 24.0 Å². The normalized spacial score (nSPS) is 16.4. The number of carbonyl (C=O) groups is 1. The molecule has 0 aliphatic carbocycles. The number of amides is 1. The summed E-state index contributed by atoms with van der Waals surface area (Å²) in [6.45, 7) is 9.12. The standard InChI is InChI=1S/C26H28N4O4S/c1-5-32-22-15-18(9-10-21(22)34-12-11-33-19-8-6-7-17(4)13-19)14-20-23(27)30-26(28-24(20)31)35-25(29-30)16(2)3/h6-10,13-16,27H,5,11-12H2,1-4H3. The van der Waals surface area contributed by atoms with Crippen molar-refractivity contribution in [3.05, 3.63) is 59.2 Å². The molecule has 2 aliphatic heterocycles. The van der Waals surface area contributed by atoms with Gasteiger partial charge < -0.3 is 14.2 Å². The maximum Gasteiger partial charge on any atom is 0.283 e. The van der Waals surface area contributed by atoms with Crippen LogP contribution in [0.2, 0.25) is 0 Å². The largest absolute Gasteiger partial charge is 0.490 e. The van der Waals surface area contributed by atoms with Crippen LogP contribution in [0.25, 0.3) is 6.08 Å². The van der Waals surface area contributed by atoms with E-state index in [0.29, 0.717) is 42.1 Å². The van der Waals surface area contributed by atoms with Crippen LogP contribution in [-0.2, 0) is 4.79 Å². The maximum atomic E-state index is 12.7. The number of aliphatic imine (C=N–C) groups is 1. The molecule has 0 bridgehead atoms. The molecule has 0 spiro atoms. The molecule has 9 heteroatoms. The van der Waals surface area contributed by atoms with Crippen LogP contribution in [0.4, 0.5) is 0 Å². The molecule has 2 heterocycles. The molecular weight excluding hydrogens is 464 g/mol. The fourth-order valence-electron chi connectivity index (χ4n) is 3.43. The molecule has 35 heavy (non-hydrogen) atoms. The summed E-state index contributed by atoms with van der Waals surface area (Å²) in [5.41, 5.74) is 2.00. The van der Waals surface area contributed by atoms with Gasteiger partial charge in [0.15, 0.2) is 17.3 Å². The number of aryl methyl sites for hydroxylation is 1. The molecule has 8 nitrogen and oxygen atoms in total. The molecule has 1 amide bonds. The number of hydrogen-bond acceptors (Lipinski definition) is 7. The number of fused-ring (bicyclic) bond motifs is 1. The Morgan fingerprint density at radius 2 is 1.89 bits per heavy atom. The van der Waals surface area contributed by atoms with Crippen molar-refractivity contribution in [1.29, 1.82) is 5.41 Å². The van der Waals surface area contributed by atoms with Gasteiger partial charge in [-0.05, 0) is 67.1 Å². The summed E-state index contributed by atoms with van der Waals surface area (Å²) in [5, 5.41) is 15.6. The smallest absolute Gasteiger partial charge is 0.283 e. The van der Waals surface area contributed by atoms with Crippen molar-refractivity contribution in [3.63, 3.8) is 0 Å². The van der Waals surface area contributed by atoms with E-state index in [2.05, 4.69) is 10.1 Å². The van der Waals surface area contributed by atoms with Gasteiger partial charge in [0.25, 0.3) is 5.91 Å². The molecule has 4 rings (SSSR count). The lowest BCUT2D eigenvalue weighted by atomic mass is 10.1. The molecule has 2 aromatic rings. The Morgan fingerprint density at radius 1 is 1.09 bits per heavy atom. The van der Waals surface area contributed by atoms with E-state index >= 15 is 0 Å². The van der Waals surface area contributed by atoms with Crippen molar-refractivity contribution in [2.75, 3.05) is 19.8 Å². The number of hydrogen-bond donors (Lipinski definition) is 1. The first kappa shape index (κ1) is 24.5. The number of thioether (sulfide) groups is 1. The second-order valence-electron chi connectivity index (χ2n) is 8.27. The van der Waals surface area contributed by atoms with E-state index in [1.165, 1.54) is 16.8 Å². The SMILES string of the molecule is CCOc1cc(C=C2C(=N)N3N=C(C(C)C)SC3=NC2=O)ccc1OCCOc1cccc(C)c1. The third kappa shape index (κ3) is 5.74. The average molecular weight is 493 g/mol. The zero-order chi connectivity index (χ0) is 24.9. The lowest BCUT2D eigenvalue weighted by molar-refractivity contribution is -0.114. The lowest BCUT2D eigenvalue weighted by Crippen LogP contribution is -2.35. The Bertz CT molecular complexity index is 1240. The van der Waals surface area contributed by atoms with Crippen LogP contribution in [-0.4, -0.2) is 46.8 Å². The van der Waals surface area contributed by atoms with Crippen LogP contribution < -0.4 is 14.2 Å². The highest BCUT2D eigenvalue weighted by atomic mass is 32.2. The highest BCUT2D eigenvalue weighted by molar-refractivity contribution is 8.27. The monoisotopic (exact) mass is 492 g/mol. The number of benzene rings is 2. The number of nitrogens with one attached hydrogen (secondary N) is 1. The molecule has 2 aromatic carbocycles. The number of amidine groups is 2. The summed E-state index contributed by atoms with van der Waals surface area (Å²) in [5.74, 6) is 1.66. The quantitative estimate of drug-likeness (QED) is 0.385. The molecule has 1 N–H and O–H groups in total. The Hall–Kier alpha value is -3.59. The van der Waals surface area contributed by atoms with E-state index in [9.17, 15) is 4.79 Å². The minimum Gasteiger partial charge on any atom is -0.490 e. The minimum absolute atomic E-state index is 0.00901. The third-order valence-electron chi connectivity index (χ3n) is 5.14. The van der Waals surface area contributed by atoms with Gasteiger partial charge in [0.05, 0.1) is 12.2 Å². The van der Waals surface area contributed by atoms with Crippen molar-refractivity contribution < 1.29 is 19.0 Å². The summed E-state index contributed by atoms with van der Waals surface area (Å²) in [7, 11) is 0. The van der Waals surface area contributed by atoms with Crippen molar-refractivity contribution in [2.24, 2.45) is 16.0 Å². The van der Waals surface area contributed by atoms with Gasteiger partial charge in [-0.15, -0.1) is 0 Å². The lowest BCUT2D eigenvalue weighted by Gasteiger charge is -2.20. The zero-order valence-electron chi connectivity index (χ0n) is 20.2. The summed E-state index contributed by atoms with van der Waals surface area (Å²) >= 11 is 1.33. The number of hydrazone groups is 1. The second kappa shape index (κ2) is 10.8. The maximum absolute atomic E-state index is 12.7. The predicted octanol–water partition coefficient (Wildman–Crippen LogP) is 5.13. The average Bonchev–Trinajstić information content (AvgIpc) is 3.25. The van der Waals surface area contributed by atoms with Gasteiger partial charge >= 0.3 is 0 Å². The minimum atomic E-state index is -0.458. The van der Waals surface area contributed by atoms with Gasteiger partial charge in [-0.1, -0.05) is 32.0 Å². The second-order valence-corrected chi connectivity index (χ2v) is 9.25. The van der Waals surface area contributed by atoms with Crippen LogP contribution in [0.3, 0.4) is 0 Å². The van der Waals surface area contributed by atoms with E-state index in [0.717, 1.165) is 16.4 Å². The number of nitrogens with zero attached hydrogens (tertiary/aromatic N) is 3.